The van der Waals surface area contributed by atoms with Crippen LogP contribution in [0.2, 0.25) is 0 Å². The second kappa shape index (κ2) is 11.8. The highest BCUT2D eigenvalue weighted by atomic mass is 32.1. The third-order valence-corrected chi connectivity index (χ3v) is 6.03. The van der Waals surface area contributed by atoms with Crippen LogP contribution >= 0.6 is 11.3 Å². The Morgan fingerprint density at radius 2 is 1.70 bits per heavy atom. The number of thiazole rings is 1. The lowest BCUT2D eigenvalue weighted by Crippen LogP contribution is -2.04. The third kappa shape index (κ3) is 6.90. The smallest absolute Gasteiger partial charge is 0.336 e. The number of esters is 1. The van der Waals surface area contributed by atoms with Crippen LogP contribution in [0.1, 0.15) is 11.1 Å². The summed E-state index contributed by atoms with van der Waals surface area (Å²) in [5, 5.41) is 5.92. The van der Waals surface area contributed by atoms with Gasteiger partial charge < -0.3 is 14.8 Å². The summed E-state index contributed by atoms with van der Waals surface area (Å²) in [6.45, 7) is 0.504. The number of carbonyl (C=O) groups is 1. The molecule has 0 radical (unpaired) electrons. The van der Waals surface area contributed by atoms with E-state index in [1.54, 1.807) is 24.4 Å². The molecule has 0 fully saturated rings. The molecule has 5 aromatic rings. The average Bonchev–Trinajstić information content (AvgIpc) is 3.41. The highest BCUT2D eigenvalue weighted by Crippen LogP contribution is 2.27. The van der Waals surface area contributed by atoms with Crippen LogP contribution in [-0.4, -0.2) is 15.9 Å². The van der Waals surface area contributed by atoms with Gasteiger partial charge in [0.2, 0.25) is 0 Å². The van der Waals surface area contributed by atoms with Crippen LogP contribution in [0.15, 0.2) is 115 Å². The Morgan fingerprint density at radius 1 is 0.865 bits per heavy atom. The van der Waals surface area contributed by atoms with Crippen LogP contribution in [0.25, 0.3) is 17.5 Å². The molecule has 1 N–H and O–H groups in total. The number of ether oxygens (including phenoxy) is 2. The molecule has 2 heterocycles. The van der Waals surface area contributed by atoms with Gasteiger partial charge in [0.25, 0.3) is 0 Å². The van der Waals surface area contributed by atoms with Gasteiger partial charge in [-0.3, -0.25) is 4.98 Å². The minimum atomic E-state index is -0.465. The van der Waals surface area contributed by atoms with Gasteiger partial charge in [-0.1, -0.05) is 54.6 Å². The molecular weight excluding hydrogens is 482 g/mol. The fourth-order valence-corrected chi connectivity index (χ4v) is 4.18. The molecule has 0 aliphatic rings. The van der Waals surface area contributed by atoms with E-state index in [0.717, 1.165) is 39.1 Å². The summed E-state index contributed by atoms with van der Waals surface area (Å²) in [6, 6.07) is 30.4. The molecular formula is C30H23N3O3S. The second-order valence-corrected chi connectivity index (χ2v) is 8.86. The number of hydrogen-bond acceptors (Lipinski definition) is 7. The van der Waals surface area contributed by atoms with E-state index < -0.39 is 5.97 Å². The fourth-order valence-electron chi connectivity index (χ4n) is 3.45. The number of carbonyl (C=O) groups excluding carboxylic acids is 1. The summed E-state index contributed by atoms with van der Waals surface area (Å²) in [5.74, 6) is 0.735. The van der Waals surface area contributed by atoms with Crippen molar-refractivity contribution in [3.05, 3.63) is 126 Å². The lowest BCUT2D eigenvalue weighted by molar-refractivity contribution is -0.128. The predicted molar refractivity (Wildman–Crippen MR) is 147 cm³/mol. The van der Waals surface area contributed by atoms with E-state index in [9.17, 15) is 4.79 Å². The van der Waals surface area contributed by atoms with Crippen molar-refractivity contribution >= 4 is 34.2 Å². The van der Waals surface area contributed by atoms with Crippen LogP contribution in [0, 0.1) is 0 Å². The first kappa shape index (κ1) is 24.0. The molecule has 0 unspecified atom stereocenters. The number of nitrogens with one attached hydrogen (secondary N) is 1. The SMILES string of the molecule is O=C(/C=C/c1ccc(OCc2ccccc2)cc1)Oc1cccc(Nc2nc(-c3ccccn3)cs2)c1. The van der Waals surface area contributed by atoms with Crippen molar-refractivity contribution in [1.29, 1.82) is 0 Å². The van der Waals surface area contributed by atoms with Crippen molar-refractivity contribution in [2.24, 2.45) is 0 Å². The van der Waals surface area contributed by atoms with Gasteiger partial charge >= 0.3 is 5.97 Å². The van der Waals surface area contributed by atoms with Gasteiger partial charge in [0.15, 0.2) is 5.13 Å². The van der Waals surface area contributed by atoms with E-state index in [-0.39, 0.29) is 0 Å². The highest BCUT2D eigenvalue weighted by molar-refractivity contribution is 7.14. The summed E-state index contributed by atoms with van der Waals surface area (Å²) >= 11 is 1.48. The molecule has 3 aromatic carbocycles. The number of anilines is 2. The van der Waals surface area contributed by atoms with Crippen molar-refractivity contribution in [3.8, 4) is 22.9 Å². The average molecular weight is 506 g/mol. The van der Waals surface area contributed by atoms with Crippen LogP contribution in [0.3, 0.4) is 0 Å². The maximum Gasteiger partial charge on any atom is 0.336 e. The van der Waals surface area contributed by atoms with Crippen molar-refractivity contribution < 1.29 is 14.3 Å². The van der Waals surface area contributed by atoms with Gasteiger partial charge in [-0.15, -0.1) is 11.3 Å². The molecule has 182 valence electrons. The Morgan fingerprint density at radius 3 is 2.51 bits per heavy atom. The molecule has 6 nitrogen and oxygen atoms in total. The summed E-state index contributed by atoms with van der Waals surface area (Å²) < 4.78 is 11.3. The highest BCUT2D eigenvalue weighted by Gasteiger charge is 2.07. The number of rotatable bonds is 9. The summed E-state index contributed by atoms with van der Waals surface area (Å²) in [7, 11) is 0. The first-order valence-corrected chi connectivity index (χ1v) is 12.5. The number of hydrogen-bond donors (Lipinski definition) is 1. The van der Waals surface area contributed by atoms with E-state index >= 15 is 0 Å². The van der Waals surface area contributed by atoms with Crippen molar-refractivity contribution in [1.82, 2.24) is 9.97 Å². The molecule has 0 saturated heterocycles. The summed E-state index contributed by atoms with van der Waals surface area (Å²) in [5.41, 5.74) is 4.36. The maximum atomic E-state index is 12.4. The Kier molecular flexibility index (Phi) is 7.64. The second-order valence-electron chi connectivity index (χ2n) is 8.00. The number of pyridine rings is 1. The predicted octanol–water partition coefficient (Wildman–Crippen LogP) is 7.15. The monoisotopic (exact) mass is 505 g/mol. The van der Waals surface area contributed by atoms with E-state index in [2.05, 4.69) is 15.3 Å². The minimum Gasteiger partial charge on any atom is -0.489 e. The zero-order valence-corrected chi connectivity index (χ0v) is 20.6. The standard InChI is InChI=1S/C30H23N3O3S/c34-29(17-14-22-12-15-25(16-13-22)35-20-23-7-2-1-3-8-23)36-26-10-6-9-24(19-26)32-30-33-28(21-37-30)27-11-4-5-18-31-27/h1-19,21H,20H2,(H,32,33)/b17-14+. The van der Waals surface area contributed by atoms with Gasteiger partial charge in [0.05, 0.1) is 5.69 Å². The van der Waals surface area contributed by atoms with Gasteiger partial charge in [0, 0.05) is 29.4 Å². The molecule has 7 heteroatoms. The largest absolute Gasteiger partial charge is 0.489 e. The van der Waals surface area contributed by atoms with Crippen LogP contribution in [0.4, 0.5) is 10.8 Å². The lowest BCUT2D eigenvalue weighted by atomic mass is 10.2. The first-order valence-electron chi connectivity index (χ1n) is 11.6. The number of aromatic nitrogens is 2. The molecule has 0 bridgehead atoms. The molecule has 0 amide bonds. The minimum absolute atomic E-state index is 0.436. The molecule has 0 spiro atoms. The fraction of sp³-hybridized carbons (Fsp3) is 0.0333. The molecule has 0 aliphatic heterocycles. The van der Waals surface area contributed by atoms with Gasteiger partial charge in [-0.05, 0) is 53.6 Å². The first-order chi connectivity index (χ1) is 18.2. The van der Waals surface area contributed by atoms with Crippen LogP contribution in [-0.2, 0) is 11.4 Å². The van der Waals surface area contributed by atoms with Gasteiger partial charge in [-0.25, -0.2) is 9.78 Å². The zero-order chi connectivity index (χ0) is 25.3. The van der Waals surface area contributed by atoms with Gasteiger partial charge in [-0.2, -0.15) is 0 Å². The van der Waals surface area contributed by atoms with Gasteiger partial charge in [0.1, 0.15) is 23.8 Å². The lowest BCUT2D eigenvalue weighted by Gasteiger charge is -2.07. The van der Waals surface area contributed by atoms with Crippen LogP contribution in [0.5, 0.6) is 11.5 Å². The molecule has 0 aliphatic carbocycles. The van der Waals surface area contributed by atoms with Crippen LogP contribution < -0.4 is 14.8 Å². The molecule has 5 rings (SSSR count). The normalized spacial score (nSPS) is 10.8. The Bertz CT molecular complexity index is 1480. The summed E-state index contributed by atoms with van der Waals surface area (Å²) in [4.78, 5) is 21.3. The topological polar surface area (TPSA) is 73.3 Å². The zero-order valence-electron chi connectivity index (χ0n) is 19.8. The Labute approximate surface area is 218 Å². The number of nitrogens with zero attached hydrogens (tertiary/aromatic N) is 2. The van der Waals surface area contributed by atoms with Crippen molar-refractivity contribution in [2.45, 2.75) is 6.61 Å². The number of benzene rings is 3. The summed E-state index contributed by atoms with van der Waals surface area (Å²) in [6.07, 6.45) is 4.85. The maximum absolute atomic E-state index is 12.4. The molecule has 2 aromatic heterocycles. The third-order valence-electron chi connectivity index (χ3n) is 5.28. The van der Waals surface area contributed by atoms with Crippen molar-refractivity contribution in [3.63, 3.8) is 0 Å². The van der Waals surface area contributed by atoms with E-state index in [1.165, 1.54) is 17.4 Å². The van der Waals surface area contributed by atoms with E-state index in [1.807, 2.05) is 90.3 Å². The molecule has 37 heavy (non-hydrogen) atoms. The molecule has 0 atom stereocenters. The Hall–Kier alpha value is -4.75. The van der Waals surface area contributed by atoms with E-state index in [4.69, 9.17) is 9.47 Å². The van der Waals surface area contributed by atoms with Crippen molar-refractivity contribution in [2.75, 3.05) is 5.32 Å². The molecule has 0 saturated carbocycles. The quantitative estimate of drug-likeness (QED) is 0.130. The Balaban J connectivity index is 1.14. The van der Waals surface area contributed by atoms with E-state index in [0.29, 0.717) is 12.4 Å².